The fourth-order valence-electron chi connectivity index (χ4n) is 3.64. The molecule has 0 saturated heterocycles. The molecule has 0 fully saturated rings. The van der Waals surface area contributed by atoms with Crippen LogP contribution in [0.4, 0.5) is 0 Å². The van der Waals surface area contributed by atoms with Gasteiger partial charge in [0.25, 0.3) is 5.91 Å². The lowest BCUT2D eigenvalue weighted by Crippen LogP contribution is -2.33. The standard InChI is InChI=1S/C25H26N4O2/c1-3-29-24-22(17-26-29)21(16-23(27-24)20-12-8-5-9-13-20)25(30)28(14-15-31-2)18-19-10-6-4-7-11-19/h4-13,16-17H,3,14-15,18H2,1-2H3. The number of aryl methyl sites for hydroxylation is 1. The molecule has 2 aromatic heterocycles. The summed E-state index contributed by atoms with van der Waals surface area (Å²) in [4.78, 5) is 20.4. The zero-order valence-corrected chi connectivity index (χ0v) is 17.9. The van der Waals surface area contributed by atoms with E-state index in [1.807, 2.05) is 83.2 Å². The average Bonchev–Trinajstić information content (AvgIpc) is 3.25. The van der Waals surface area contributed by atoms with Crippen molar-refractivity contribution in [2.45, 2.75) is 20.0 Å². The van der Waals surface area contributed by atoms with Gasteiger partial charge in [0.2, 0.25) is 0 Å². The summed E-state index contributed by atoms with van der Waals surface area (Å²) in [7, 11) is 1.65. The van der Waals surface area contributed by atoms with E-state index in [9.17, 15) is 4.79 Å². The molecule has 158 valence electrons. The van der Waals surface area contributed by atoms with Crippen LogP contribution in [-0.4, -0.2) is 45.8 Å². The maximum absolute atomic E-state index is 13.8. The second-order valence-electron chi connectivity index (χ2n) is 7.32. The lowest BCUT2D eigenvalue weighted by atomic mass is 10.1. The molecule has 0 N–H and O–H groups in total. The van der Waals surface area contributed by atoms with Gasteiger partial charge in [-0.25, -0.2) is 9.67 Å². The largest absolute Gasteiger partial charge is 0.383 e. The Morgan fingerprint density at radius 1 is 1.06 bits per heavy atom. The molecule has 0 saturated carbocycles. The number of ether oxygens (including phenoxy) is 1. The van der Waals surface area contributed by atoms with Gasteiger partial charge < -0.3 is 9.64 Å². The minimum atomic E-state index is -0.0545. The molecule has 4 aromatic rings. The van der Waals surface area contributed by atoms with Gasteiger partial charge in [0.05, 0.1) is 29.4 Å². The highest BCUT2D eigenvalue weighted by atomic mass is 16.5. The Labute approximate surface area is 182 Å². The summed E-state index contributed by atoms with van der Waals surface area (Å²) in [6, 6.07) is 21.8. The first-order valence-electron chi connectivity index (χ1n) is 10.5. The van der Waals surface area contributed by atoms with E-state index in [2.05, 4.69) is 5.10 Å². The molecule has 0 aliphatic heterocycles. The molecule has 0 aliphatic rings. The number of amides is 1. The number of nitrogens with zero attached hydrogens (tertiary/aromatic N) is 4. The zero-order chi connectivity index (χ0) is 21.6. The molecule has 2 aromatic carbocycles. The van der Waals surface area contributed by atoms with Crippen molar-refractivity contribution < 1.29 is 9.53 Å². The monoisotopic (exact) mass is 414 g/mol. The molecular weight excluding hydrogens is 388 g/mol. The van der Waals surface area contributed by atoms with Gasteiger partial charge in [0.15, 0.2) is 5.65 Å². The second-order valence-corrected chi connectivity index (χ2v) is 7.32. The van der Waals surface area contributed by atoms with Crippen molar-refractivity contribution in [1.82, 2.24) is 19.7 Å². The number of hydrogen-bond donors (Lipinski definition) is 0. The highest BCUT2D eigenvalue weighted by molar-refractivity contribution is 6.06. The van der Waals surface area contributed by atoms with E-state index in [4.69, 9.17) is 9.72 Å². The number of benzene rings is 2. The highest BCUT2D eigenvalue weighted by Crippen LogP contribution is 2.26. The molecule has 0 spiro atoms. The molecule has 0 aliphatic carbocycles. The van der Waals surface area contributed by atoms with Gasteiger partial charge in [0, 0.05) is 32.3 Å². The van der Waals surface area contributed by atoms with Gasteiger partial charge in [-0.05, 0) is 18.6 Å². The van der Waals surface area contributed by atoms with Crippen LogP contribution in [0.1, 0.15) is 22.8 Å². The summed E-state index contributed by atoms with van der Waals surface area (Å²) in [6.45, 7) is 4.17. The molecule has 0 unspecified atom stereocenters. The Morgan fingerprint density at radius 3 is 2.45 bits per heavy atom. The van der Waals surface area contributed by atoms with Gasteiger partial charge in [-0.3, -0.25) is 4.79 Å². The second kappa shape index (κ2) is 9.53. The van der Waals surface area contributed by atoms with Crippen LogP contribution in [0.15, 0.2) is 72.9 Å². The summed E-state index contributed by atoms with van der Waals surface area (Å²) in [5.41, 5.74) is 4.13. The topological polar surface area (TPSA) is 60.2 Å². The van der Waals surface area contributed by atoms with Crippen LogP contribution >= 0.6 is 0 Å². The molecule has 0 bridgehead atoms. The molecule has 1 amide bonds. The molecule has 6 nitrogen and oxygen atoms in total. The molecule has 31 heavy (non-hydrogen) atoms. The van der Waals surface area contributed by atoms with Crippen molar-refractivity contribution in [3.8, 4) is 11.3 Å². The lowest BCUT2D eigenvalue weighted by Gasteiger charge is -2.23. The van der Waals surface area contributed by atoms with Crippen molar-refractivity contribution in [2.75, 3.05) is 20.3 Å². The number of hydrogen-bond acceptors (Lipinski definition) is 4. The fourth-order valence-corrected chi connectivity index (χ4v) is 3.64. The number of fused-ring (bicyclic) bond motifs is 1. The fraction of sp³-hybridized carbons (Fsp3) is 0.240. The molecular formula is C25H26N4O2. The first kappa shape index (κ1) is 20.8. The summed E-state index contributed by atoms with van der Waals surface area (Å²) < 4.78 is 7.10. The van der Waals surface area contributed by atoms with Crippen molar-refractivity contribution in [2.24, 2.45) is 0 Å². The first-order valence-corrected chi connectivity index (χ1v) is 10.5. The Hall–Kier alpha value is -3.51. The first-order chi connectivity index (χ1) is 15.2. The number of carbonyl (C=O) groups excluding carboxylic acids is 1. The summed E-state index contributed by atoms with van der Waals surface area (Å²) >= 11 is 0. The Morgan fingerprint density at radius 2 is 1.77 bits per heavy atom. The zero-order valence-electron chi connectivity index (χ0n) is 17.9. The van der Waals surface area contributed by atoms with Crippen LogP contribution in [0.5, 0.6) is 0 Å². The van der Waals surface area contributed by atoms with Crippen LogP contribution in [0.25, 0.3) is 22.3 Å². The third kappa shape index (κ3) is 4.49. The molecule has 6 heteroatoms. The third-order valence-electron chi connectivity index (χ3n) is 5.28. The number of carbonyl (C=O) groups is 1. The molecule has 2 heterocycles. The van der Waals surface area contributed by atoms with Gasteiger partial charge >= 0.3 is 0 Å². The van der Waals surface area contributed by atoms with Crippen LogP contribution in [0.2, 0.25) is 0 Å². The summed E-state index contributed by atoms with van der Waals surface area (Å²) in [5, 5.41) is 5.22. The number of pyridine rings is 1. The van der Waals surface area contributed by atoms with Gasteiger partial charge in [-0.15, -0.1) is 0 Å². The number of aromatic nitrogens is 3. The van der Waals surface area contributed by atoms with Gasteiger partial charge in [0.1, 0.15) is 0 Å². The van der Waals surface area contributed by atoms with Crippen molar-refractivity contribution in [1.29, 1.82) is 0 Å². The average molecular weight is 415 g/mol. The predicted octanol–water partition coefficient (Wildman–Crippen LogP) is 4.41. The van der Waals surface area contributed by atoms with Gasteiger partial charge in [-0.1, -0.05) is 60.7 Å². The normalized spacial score (nSPS) is 11.0. The number of methoxy groups -OCH3 is 1. The Bertz CT molecular complexity index is 1160. The van der Waals surface area contributed by atoms with Crippen LogP contribution in [0, 0.1) is 0 Å². The Kier molecular flexibility index (Phi) is 6.38. The Balaban J connectivity index is 1.79. The van der Waals surface area contributed by atoms with Gasteiger partial charge in [-0.2, -0.15) is 5.10 Å². The predicted molar refractivity (Wildman–Crippen MR) is 122 cm³/mol. The van der Waals surface area contributed by atoms with E-state index in [1.54, 1.807) is 13.3 Å². The minimum Gasteiger partial charge on any atom is -0.383 e. The minimum absolute atomic E-state index is 0.0545. The molecule has 0 radical (unpaired) electrons. The molecule has 4 rings (SSSR count). The lowest BCUT2D eigenvalue weighted by molar-refractivity contribution is 0.0682. The summed E-state index contributed by atoms with van der Waals surface area (Å²) in [5.74, 6) is -0.0545. The molecule has 0 atom stereocenters. The van der Waals surface area contributed by atoms with Crippen LogP contribution in [-0.2, 0) is 17.8 Å². The third-order valence-corrected chi connectivity index (χ3v) is 5.28. The van der Waals surface area contributed by atoms with E-state index >= 15 is 0 Å². The van der Waals surface area contributed by atoms with Crippen molar-refractivity contribution >= 4 is 16.9 Å². The smallest absolute Gasteiger partial charge is 0.255 e. The van der Waals surface area contributed by atoms with Crippen LogP contribution < -0.4 is 0 Å². The summed E-state index contributed by atoms with van der Waals surface area (Å²) in [6.07, 6.45) is 1.74. The van der Waals surface area contributed by atoms with E-state index in [0.717, 1.165) is 27.9 Å². The van der Waals surface area contributed by atoms with Crippen LogP contribution in [0.3, 0.4) is 0 Å². The highest BCUT2D eigenvalue weighted by Gasteiger charge is 2.22. The quantitative estimate of drug-likeness (QED) is 0.429. The van der Waals surface area contributed by atoms with E-state index < -0.39 is 0 Å². The van der Waals surface area contributed by atoms with Crippen molar-refractivity contribution in [3.63, 3.8) is 0 Å². The van der Waals surface area contributed by atoms with Crippen molar-refractivity contribution in [3.05, 3.63) is 84.1 Å². The SMILES string of the molecule is CCn1ncc2c(C(=O)N(CCOC)Cc3ccccc3)cc(-c3ccccc3)nc21. The van der Waals surface area contributed by atoms with E-state index in [1.165, 1.54) is 0 Å². The van der Waals surface area contributed by atoms with E-state index in [0.29, 0.717) is 31.8 Å². The number of rotatable bonds is 8. The maximum atomic E-state index is 13.8. The maximum Gasteiger partial charge on any atom is 0.255 e. The van der Waals surface area contributed by atoms with E-state index in [-0.39, 0.29) is 5.91 Å².